The van der Waals surface area contributed by atoms with Gasteiger partial charge in [-0.1, -0.05) is 25.8 Å². The molecular formula is C16H21N3O. The zero-order valence-electron chi connectivity index (χ0n) is 12.1. The maximum atomic E-state index is 12.6. The van der Waals surface area contributed by atoms with Crippen LogP contribution < -0.4 is 0 Å². The molecule has 1 aliphatic rings. The number of carbonyl (C=O) groups is 1. The zero-order chi connectivity index (χ0) is 14.1. The highest BCUT2D eigenvalue weighted by molar-refractivity contribution is 5.97. The fourth-order valence-electron chi connectivity index (χ4n) is 3.19. The third kappa shape index (κ3) is 2.42. The Balaban J connectivity index is 1.79. The summed E-state index contributed by atoms with van der Waals surface area (Å²) in [6.07, 6.45) is 6.53. The van der Waals surface area contributed by atoms with Gasteiger partial charge in [-0.2, -0.15) is 5.10 Å². The molecule has 106 valence electrons. The summed E-state index contributed by atoms with van der Waals surface area (Å²) in [5.41, 5.74) is 1.66. The summed E-state index contributed by atoms with van der Waals surface area (Å²) in [5.74, 6) is 0.833. The standard InChI is InChI=1S/C16H21N3O/c1-11-4-3-5-14(8-11)19(2)16(20)12-6-7-13-10-17-18-15(13)9-12/h6-7,9-11,14H,3-5,8H2,1-2H3,(H,17,18). The summed E-state index contributed by atoms with van der Waals surface area (Å²) in [6, 6.07) is 6.11. The van der Waals surface area contributed by atoms with E-state index >= 15 is 0 Å². The van der Waals surface area contributed by atoms with Gasteiger partial charge in [0.2, 0.25) is 0 Å². The van der Waals surface area contributed by atoms with E-state index in [4.69, 9.17) is 0 Å². The lowest BCUT2D eigenvalue weighted by Crippen LogP contribution is -2.39. The first kappa shape index (κ1) is 13.2. The minimum atomic E-state index is 0.112. The summed E-state index contributed by atoms with van der Waals surface area (Å²) >= 11 is 0. The Labute approximate surface area is 119 Å². The van der Waals surface area contributed by atoms with Crippen molar-refractivity contribution in [1.29, 1.82) is 0 Å². The topological polar surface area (TPSA) is 49.0 Å². The number of rotatable bonds is 2. The van der Waals surface area contributed by atoms with Crippen molar-refractivity contribution in [1.82, 2.24) is 15.1 Å². The first-order valence-electron chi connectivity index (χ1n) is 7.35. The molecule has 4 heteroatoms. The summed E-state index contributed by atoms with van der Waals surface area (Å²) in [7, 11) is 1.93. The van der Waals surface area contributed by atoms with Crippen LogP contribution in [0.2, 0.25) is 0 Å². The number of aromatic amines is 1. The molecule has 0 radical (unpaired) electrons. The summed E-state index contributed by atoms with van der Waals surface area (Å²) in [4.78, 5) is 14.5. The fourth-order valence-corrected chi connectivity index (χ4v) is 3.19. The Morgan fingerprint density at radius 1 is 1.40 bits per heavy atom. The van der Waals surface area contributed by atoms with Crippen LogP contribution >= 0.6 is 0 Å². The van der Waals surface area contributed by atoms with Crippen LogP contribution in [0.1, 0.15) is 43.0 Å². The zero-order valence-corrected chi connectivity index (χ0v) is 12.1. The average molecular weight is 271 g/mol. The molecule has 0 aliphatic heterocycles. The Morgan fingerprint density at radius 3 is 3.05 bits per heavy atom. The number of benzene rings is 1. The van der Waals surface area contributed by atoms with Gasteiger partial charge < -0.3 is 4.90 Å². The number of H-pyrrole nitrogens is 1. The minimum Gasteiger partial charge on any atom is -0.339 e. The van der Waals surface area contributed by atoms with E-state index in [1.54, 1.807) is 6.20 Å². The van der Waals surface area contributed by atoms with Gasteiger partial charge in [0.05, 0.1) is 11.7 Å². The van der Waals surface area contributed by atoms with E-state index in [1.807, 2.05) is 30.1 Å². The average Bonchev–Trinajstić information content (AvgIpc) is 2.93. The summed E-state index contributed by atoms with van der Waals surface area (Å²) in [6.45, 7) is 2.28. The van der Waals surface area contributed by atoms with Crippen molar-refractivity contribution >= 4 is 16.8 Å². The van der Waals surface area contributed by atoms with E-state index in [1.165, 1.54) is 12.8 Å². The molecule has 3 rings (SSSR count). The summed E-state index contributed by atoms with van der Waals surface area (Å²) < 4.78 is 0. The van der Waals surface area contributed by atoms with Crippen molar-refractivity contribution in [2.24, 2.45) is 5.92 Å². The van der Waals surface area contributed by atoms with Gasteiger partial charge in [0.1, 0.15) is 0 Å². The smallest absolute Gasteiger partial charge is 0.253 e. The van der Waals surface area contributed by atoms with Gasteiger partial charge in [-0.25, -0.2) is 0 Å². The van der Waals surface area contributed by atoms with Crippen LogP contribution in [0.3, 0.4) is 0 Å². The number of nitrogens with one attached hydrogen (secondary N) is 1. The van der Waals surface area contributed by atoms with Crippen molar-refractivity contribution in [3.8, 4) is 0 Å². The maximum absolute atomic E-state index is 12.6. The molecule has 1 N–H and O–H groups in total. The van der Waals surface area contributed by atoms with Crippen molar-refractivity contribution in [3.63, 3.8) is 0 Å². The molecule has 1 aromatic heterocycles. The lowest BCUT2D eigenvalue weighted by atomic mass is 9.86. The first-order chi connectivity index (χ1) is 9.65. The largest absolute Gasteiger partial charge is 0.339 e. The van der Waals surface area contributed by atoms with Gasteiger partial charge in [0.15, 0.2) is 0 Å². The predicted molar refractivity (Wildman–Crippen MR) is 79.6 cm³/mol. The van der Waals surface area contributed by atoms with E-state index in [2.05, 4.69) is 17.1 Å². The van der Waals surface area contributed by atoms with E-state index in [-0.39, 0.29) is 5.91 Å². The number of nitrogens with zero attached hydrogens (tertiary/aromatic N) is 2. The molecular weight excluding hydrogens is 250 g/mol. The van der Waals surface area contributed by atoms with Crippen molar-refractivity contribution in [3.05, 3.63) is 30.0 Å². The van der Waals surface area contributed by atoms with Gasteiger partial charge in [-0.15, -0.1) is 0 Å². The Bertz CT molecular complexity index is 619. The number of fused-ring (bicyclic) bond motifs is 1. The molecule has 1 saturated carbocycles. The van der Waals surface area contributed by atoms with Crippen molar-refractivity contribution in [2.45, 2.75) is 38.6 Å². The van der Waals surface area contributed by atoms with Gasteiger partial charge in [-0.3, -0.25) is 9.89 Å². The van der Waals surface area contributed by atoms with Crippen molar-refractivity contribution < 1.29 is 4.79 Å². The van der Waals surface area contributed by atoms with Gasteiger partial charge in [0.25, 0.3) is 5.91 Å². The first-order valence-corrected chi connectivity index (χ1v) is 7.35. The lowest BCUT2D eigenvalue weighted by Gasteiger charge is -2.34. The molecule has 20 heavy (non-hydrogen) atoms. The molecule has 1 fully saturated rings. The lowest BCUT2D eigenvalue weighted by molar-refractivity contribution is 0.0672. The van der Waals surface area contributed by atoms with Crippen LogP contribution in [0.4, 0.5) is 0 Å². The molecule has 1 amide bonds. The van der Waals surface area contributed by atoms with E-state index in [0.717, 1.165) is 35.2 Å². The third-order valence-electron chi connectivity index (χ3n) is 4.47. The maximum Gasteiger partial charge on any atom is 0.253 e. The fraction of sp³-hybridized carbons (Fsp3) is 0.500. The number of carbonyl (C=O) groups excluding carboxylic acids is 1. The van der Waals surface area contributed by atoms with Gasteiger partial charge in [-0.05, 0) is 30.9 Å². The second kappa shape index (κ2) is 5.27. The van der Waals surface area contributed by atoms with Crippen LogP contribution in [0.25, 0.3) is 10.9 Å². The monoisotopic (exact) mass is 271 g/mol. The minimum absolute atomic E-state index is 0.112. The van der Waals surface area contributed by atoms with Crippen LogP contribution in [0, 0.1) is 5.92 Å². The molecule has 2 aromatic rings. The van der Waals surface area contributed by atoms with E-state index in [0.29, 0.717) is 6.04 Å². The molecule has 1 aromatic carbocycles. The second-order valence-electron chi connectivity index (χ2n) is 6.01. The van der Waals surface area contributed by atoms with Crippen molar-refractivity contribution in [2.75, 3.05) is 7.05 Å². The molecule has 1 aliphatic carbocycles. The third-order valence-corrected chi connectivity index (χ3v) is 4.47. The highest BCUT2D eigenvalue weighted by atomic mass is 16.2. The molecule has 0 spiro atoms. The number of aromatic nitrogens is 2. The molecule has 0 bridgehead atoms. The van der Waals surface area contributed by atoms with Crippen LogP contribution in [0.15, 0.2) is 24.4 Å². The van der Waals surface area contributed by atoms with Crippen LogP contribution in [-0.2, 0) is 0 Å². The SMILES string of the molecule is CC1CCCC(N(C)C(=O)c2ccc3cn[nH]c3c2)C1. The molecule has 1 heterocycles. The molecule has 0 saturated heterocycles. The highest BCUT2D eigenvalue weighted by Crippen LogP contribution is 2.27. The molecule has 2 atom stereocenters. The quantitative estimate of drug-likeness (QED) is 0.911. The second-order valence-corrected chi connectivity index (χ2v) is 6.01. The van der Waals surface area contributed by atoms with Crippen LogP contribution in [-0.4, -0.2) is 34.1 Å². The molecule has 2 unspecified atom stereocenters. The van der Waals surface area contributed by atoms with Crippen LogP contribution in [0.5, 0.6) is 0 Å². The number of amides is 1. The Morgan fingerprint density at radius 2 is 2.25 bits per heavy atom. The normalized spacial score (nSPS) is 22.9. The van der Waals surface area contributed by atoms with Gasteiger partial charge >= 0.3 is 0 Å². The number of hydrogen-bond acceptors (Lipinski definition) is 2. The predicted octanol–water partition coefficient (Wildman–Crippen LogP) is 3.21. The van der Waals surface area contributed by atoms with Gasteiger partial charge in [0, 0.05) is 24.0 Å². The Hall–Kier alpha value is -1.84. The number of hydrogen-bond donors (Lipinski definition) is 1. The van der Waals surface area contributed by atoms with E-state index in [9.17, 15) is 4.79 Å². The highest BCUT2D eigenvalue weighted by Gasteiger charge is 2.26. The van der Waals surface area contributed by atoms with E-state index < -0.39 is 0 Å². The Kier molecular flexibility index (Phi) is 3.47. The molecule has 4 nitrogen and oxygen atoms in total. The summed E-state index contributed by atoms with van der Waals surface area (Å²) in [5, 5.41) is 7.95.